The van der Waals surface area contributed by atoms with E-state index in [0.717, 1.165) is 60.2 Å². The fourth-order valence-electron chi connectivity index (χ4n) is 11.1. The van der Waals surface area contributed by atoms with E-state index in [0.29, 0.717) is 16.7 Å². The summed E-state index contributed by atoms with van der Waals surface area (Å²) >= 11 is 0. The number of hydrogen-bond donors (Lipinski definition) is 1. The predicted octanol–water partition coefficient (Wildman–Crippen LogP) is 5.47. The van der Waals surface area contributed by atoms with Crippen molar-refractivity contribution in [2.45, 2.75) is 72.6 Å². The van der Waals surface area contributed by atoms with Gasteiger partial charge >= 0.3 is 5.97 Å². The first kappa shape index (κ1) is 16.4. The highest BCUT2D eigenvalue weighted by Crippen LogP contribution is 2.87. The minimum Gasteiger partial charge on any atom is -0.481 e. The molecule has 7 aliphatic rings. The van der Waals surface area contributed by atoms with Gasteiger partial charge in [-0.2, -0.15) is 0 Å². The first-order chi connectivity index (χ1) is 12.3. The molecule has 26 heavy (non-hydrogen) atoms. The number of hydrogen-bond acceptors (Lipinski definition) is 1. The summed E-state index contributed by atoms with van der Waals surface area (Å²) in [5.74, 6) is 7.50. The fourth-order valence-corrected chi connectivity index (χ4v) is 11.1. The molecule has 8 unspecified atom stereocenters. The van der Waals surface area contributed by atoms with Crippen LogP contribution >= 0.6 is 0 Å². The van der Waals surface area contributed by atoms with Crippen LogP contribution in [0.3, 0.4) is 0 Å². The van der Waals surface area contributed by atoms with Gasteiger partial charge in [0.15, 0.2) is 0 Å². The molecule has 0 aromatic carbocycles. The molecule has 0 spiro atoms. The molecule has 2 nitrogen and oxygen atoms in total. The van der Waals surface area contributed by atoms with Gasteiger partial charge in [0.2, 0.25) is 0 Å². The van der Waals surface area contributed by atoms with Crippen molar-refractivity contribution < 1.29 is 9.90 Å². The van der Waals surface area contributed by atoms with E-state index in [2.05, 4.69) is 27.7 Å². The van der Waals surface area contributed by atoms with Gasteiger partial charge in [-0.3, -0.25) is 4.79 Å². The highest BCUT2D eigenvalue weighted by atomic mass is 16.4. The molecular formula is C24H36O2. The smallest absolute Gasteiger partial charge is 0.309 e. The van der Waals surface area contributed by atoms with Crippen molar-refractivity contribution in [2.75, 3.05) is 0 Å². The Balaban J connectivity index is 1.43. The van der Waals surface area contributed by atoms with Crippen LogP contribution in [0, 0.1) is 69.5 Å². The van der Waals surface area contributed by atoms with E-state index in [1.807, 2.05) is 0 Å². The minimum atomic E-state index is -0.514. The zero-order chi connectivity index (χ0) is 18.2. The summed E-state index contributed by atoms with van der Waals surface area (Å²) in [4.78, 5) is 12.3. The number of fused-ring (bicyclic) bond motifs is 1. The van der Waals surface area contributed by atoms with Crippen molar-refractivity contribution in [2.24, 2.45) is 69.5 Å². The standard InChI is InChI=1S/C24H36O2/c1-12(2)24-11-15-14-10-16(24)18(14)20-13(19(15)24)6-7-17-22(20,3)8-5-9-23(17,4)21(25)26/h12-20H,5-11H2,1-4H3,(H,25,26)/t13?,14-,15?,16+,17?,18?,19?,20?,22?,23?,24-/m0/s1. The highest BCUT2D eigenvalue weighted by Gasteiger charge is 2.82. The zero-order valence-corrected chi connectivity index (χ0v) is 17.0. The zero-order valence-electron chi connectivity index (χ0n) is 17.0. The SMILES string of the molecule is CC(C)[C@]12CC3C1C1CCC4C(C)(C(=O)O)CCCC4(C)C1C1[C@H]3C[C@H]12. The van der Waals surface area contributed by atoms with Gasteiger partial charge in [-0.1, -0.05) is 27.2 Å². The third-order valence-electron chi connectivity index (χ3n) is 11.8. The summed E-state index contributed by atoms with van der Waals surface area (Å²) in [5, 5.41) is 10.1. The van der Waals surface area contributed by atoms with Crippen molar-refractivity contribution in [3.63, 3.8) is 0 Å². The maximum atomic E-state index is 12.3. The molecule has 7 aliphatic carbocycles. The van der Waals surface area contributed by atoms with Crippen molar-refractivity contribution in [3.8, 4) is 0 Å². The van der Waals surface area contributed by atoms with Gasteiger partial charge in [-0.15, -0.1) is 0 Å². The van der Waals surface area contributed by atoms with Crippen molar-refractivity contribution >= 4 is 5.97 Å². The summed E-state index contributed by atoms with van der Waals surface area (Å²) in [6, 6.07) is 0. The van der Waals surface area contributed by atoms with Crippen LogP contribution in [0.1, 0.15) is 72.6 Å². The lowest BCUT2D eigenvalue weighted by atomic mass is 9.18. The van der Waals surface area contributed by atoms with Gasteiger partial charge in [-0.25, -0.2) is 0 Å². The minimum absolute atomic E-state index is 0.291. The Morgan fingerprint density at radius 3 is 2.50 bits per heavy atom. The Morgan fingerprint density at radius 1 is 1.04 bits per heavy atom. The number of aliphatic carboxylic acids is 1. The summed E-state index contributed by atoms with van der Waals surface area (Å²) in [6.45, 7) is 9.65. The lowest BCUT2D eigenvalue weighted by Gasteiger charge is -2.86. The van der Waals surface area contributed by atoms with Crippen LogP contribution in [0.2, 0.25) is 0 Å². The van der Waals surface area contributed by atoms with Gasteiger partial charge in [0.05, 0.1) is 5.41 Å². The monoisotopic (exact) mass is 356 g/mol. The second-order valence-electron chi connectivity index (χ2n) is 12.1. The number of carbonyl (C=O) groups is 1. The molecule has 144 valence electrons. The van der Waals surface area contributed by atoms with Crippen LogP contribution in [0.15, 0.2) is 0 Å². The normalized spacial score (nSPS) is 64.2. The quantitative estimate of drug-likeness (QED) is 0.712. The van der Waals surface area contributed by atoms with Crippen LogP contribution in [0.25, 0.3) is 0 Å². The lowest BCUT2D eigenvalue weighted by Crippen LogP contribution is -2.81. The molecule has 0 heterocycles. The third kappa shape index (κ3) is 1.42. The van der Waals surface area contributed by atoms with Gasteiger partial charge in [0, 0.05) is 0 Å². The molecule has 0 aromatic rings. The van der Waals surface area contributed by atoms with Gasteiger partial charge in [0.1, 0.15) is 0 Å². The molecule has 0 saturated heterocycles. The summed E-state index contributed by atoms with van der Waals surface area (Å²) < 4.78 is 0. The van der Waals surface area contributed by atoms with E-state index < -0.39 is 11.4 Å². The van der Waals surface area contributed by atoms with Crippen LogP contribution in [0.5, 0.6) is 0 Å². The molecule has 7 saturated carbocycles. The highest BCUT2D eigenvalue weighted by molar-refractivity contribution is 5.75. The molecule has 0 aromatic heterocycles. The molecule has 0 radical (unpaired) electrons. The molecule has 0 amide bonds. The molecule has 1 N–H and O–H groups in total. The van der Waals surface area contributed by atoms with Crippen LogP contribution in [-0.4, -0.2) is 11.1 Å². The fraction of sp³-hybridized carbons (Fsp3) is 0.958. The molecule has 6 bridgehead atoms. The Labute approximate surface area is 158 Å². The van der Waals surface area contributed by atoms with Gasteiger partial charge in [-0.05, 0) is 110 Å². The lowest BCUT2D eigenvalue weighted by molar-refractivity contribution is -0.387. The number of carboxylic acid groups (broad SMARTS) is 1. The maximum absolute atomic E-state index is 12.3. The molecule has 7 rings (SSSR count). The Bertz CT molecular complexity index is 682. The number of rotatable bonds is 2. The molecule has 11 atom stereocenters. The largest absolute Gasteiger partial charge is 0.481 e. The summed E-state index contributed by atoms with van der Waals surface area (Å²) in [6.07, 6.45) is 8.90. The first-order valence-corrected chi connectivity index (χ1v) is 11.5. The maximum Gasteiger partial charge on any atom is 0.309 e. The van der Waals surface area contributed by atoms with Crippen LogP contribution < -0.4 is 0 Å². The van der Waals surface area contributed by atoms with Crippen molar-refractivity contribution in [1.82, 2.24) is 0 Å². The first-order valence-electron chi connectivity index (χ1n) is 11.5. The van der Waals surface area contributed by atoms with E-state index in [-0.39, 0.29) is 0 Å². The molecular weight excluding hydrogens is 320 g/mol. The van der Waals surface area contributed by atoms with E-state index in [1.165, 1.54) is 32.1 Å². The van der Waals surface area contributed by atoms with E-state index in [4.69, 9.17) is 0 Å². The third-order valence-corrected chi connectivity index (χ3v) is 11.8. The van der Waals surface area contributed by atoms with Gasteiger partial charge < -0.3 is 5.11 Å². The second kappa shape index (κ2) is 4.54. The van der Waals surface area contributed by atoms with E-state index in [1.54, 1.807) is 0 Å². The Hall–Kier alpha value is -0.530. The van der Waals surface area contributed by atoms with Crippen LogP contribution in [-0.2, 0) is 4.79 Å². The number of carboxylic acids is 1. The summed E-state index contributed by atoms with van der Waals surface area (Å²) in [5.41, 5.74) is 0.496. The van der Waals surface area contributed by atoms with E-state index in [9.17, 15) is 9.90 Å². The van der Waals surface area contributed by atoms with Crippen molar-refractivity contribution in [1.29, 1.82) is 0 Å². The van der Waals surface area contributed by atoms with E-state index >= 15 is 0 Å². The van der Waals surface area contributed by atoms with Crippen molar-refractivity contribution in [3.05, 3.63) is 0 Å². The topological polar surface area (TPSA) is 37.3 Å². The molecule has 0 aliphatic heterocycles. The van der Waals surface area contributed by atoms with Crippen LogP contribution in [0.4, 0.5) is 0 Å². The molecule has 7 fully saturated rings. The molecule has 2 heteroatoms. The average molecular weight is 357 g/mol. The Kier molecular flexibility index (Phi) is 2.87. The average Bonchev–Trinajstić information content (AvgIpc) is 2.55. The summed E-state index contributed by atoms with van der Waals surface area (Å²) in [7, 11) is 0. The Morgan fingerprint density at radius 2 is 1.81 bits per heavy atom. The predicted molar refractivity (Wildman–Crippen MR) is 101 cm³/mol. The second-order valence-corrected chi connectivity index (χ2v) is 12.1. The van der Waals surface area contributed by atoms with Gasteiger partial charge in [0.25, 0.3) is 0 Å².